The quantitative estimate of drug-likeness (QED) is 0.208. The van der Waals surface area contributed by atoms with Gasteiger partial charge in [-0.3, -0.25) is 0 Å². The van der Waals surface area contributed by atoms with Gasteiger partial charge >= 0.3 is 29.6 Å². The maximum absolute atomic E-state index is 9.97. The van der Waals surface area contributed by atoms with Crippen LogP contribution in [-0.4, -0.2) is 31.8 Å². The maximum Gasteiger partial charge on any atom is 1.00 e. The summed E-state index contributed by atoms with van der Waals surface area (Å²) >= 11 is 0. The van der Waals surface area contributed by atoms with Crippen LogP contribution in [-0.2, 0) is 10.1 Å². The Bertz CT molecular complexity index is 190. The molecule has 4 nitrogen and oxygen atoms in total. The third-order valence-corrected chi connectivity index (χ3v) is 1.52. The van der Waals surface area contributed by atoms with Crippen LogP contribution >= 0.6 is 0 Å². The van der Waals surface area contributed by atoms with E-state index in [1.54, 1.807) is 6.08 Å². The van der Waals surface area contributed by atoms with Crippen molar-refractivity contribution >= 4 is 10.1 Å². The second kappa shape index (κ2) is 7.27. The van der Waals surface area contributed by atoms with Gasteiger partial charge in [0.05, 0.1) is 15.9 Å². The summed E-state index contributed by atoms with van der Waals surface area (Å²) in [6, 6.07) is 0. The molecule has 0 fully saturated rings. The fraction of sp³-hybridized carbons (Fsp3) is 0.600. The summed E-state index contributed by atoms with van der Waals surface area (Å²) in [5, 5.41) is 2.69. The van der Waals surface area contributed by atoms with E-state index >= 15 is 0 Å². The molecule has 0 radical (unpaired) electrons. The van der Waals surface area contributed by atoms with Crippen molar-refractivity contribution in [3.05, 3.63) is 12.7 Å². The van der Waals surface area contributed by atoms with Gasteiger partial charge in [0.15, 0.2) is 0 Å². The largest absolute Gasteiger partial charge is 1.00 e. The molecule has 0 aliphatic rings. The van der Waals surface area contributed by atoms with E-state index in [-0.39, 0.29) is 41.9 Å². The van der Waals surface area contributed by atoms with E-state index in [0.29, 0.717) is 6.54 Å². The van der Waals surface area contributed by atoms with Crippen molar-refractivity contribution in [1.82, 2.24) is 5.32 Å². The van der Waals surface area contributed by atoms with Gasteiger partial charge < -0.3 is 9.87 Å². The van der Waals surface area contributed by atoms with Crippen LogP contribution in [0.4, 0.5) is 0 Å². The first-order valence-corrected chi connectivity index (χ1v) is 4.39. The van der Waals surface area contributed by atoms with Crippen LogP contribution in [0.2, 0.25) is 0 Å². The van der Waals surface area contributed by atoms with Crippen molar-refractivity contribution in [3.63, 3.8) is 0 Å². The Morgan fingerprint density at radius 3 is 2.45 bits per heavy atom. The monoisotopic (exact) mass is 187 g/mol. The summed E-state index contributed by atoms with van der Waals surface area (Å²) < 4.78 is 29.9. The van der Waals surface area contributed by atoms with E-state index in [1.807, 2.05) is 0 Å². The van der Waals surface area contributed by atoms with E-state index in [0.717, 1.165) is 0 Å². The number of hydrogen-bond acceptors (Lipinski definition) is 4. The van der Waals surface area contributed by atoms with E-state index in [2.05, 4.69) is 11.9 Å². The summed E-state index contributed by atoms with van der Waals surface area (Å²) in [6.45, 7) is 4.12. The third-order valence-electron chi connectivity index (χ3n) is 0.818. The Kier molecular flexibility index (Phi) is 9.35. The molecule has 0 rings (SSSR count). The molecule has 11 heavy (non-hydrogen) atoms. The molecule has 0 saturated heterocycles. The van der Waals surface area contributed by atoms with Gasteiger partial charge in [-0.1, -0.05) is 6.08 Å². The molecule has 0 bridgehead atoms. The van der Waals surface area contributed by atoms with Gasteiger partial charge in [-0.2, -0.15) is 0 Å². The SMILES string of the molecule is C=CCNCCS(=O)(=O)[O-].[Na+]. The number of hydrogen-bond donors (Lipinski definition) is 1. The summed E-state index contributed by atoms with van der Waals surface area (Å²) in [4.78, 5) is 0. The Hall–Kier alpha value is 0.610. The van der Waals surface area contributed by atoms with Crippen LogP contribution < -0.4 is 34.9 Å². The molecule has 0 aliphatic carbocycles. The van der Waals surface area contributed by atoms with E-state index in [1.165, 1.54) is 0 Å². The van der Waals surface area contributed by atoms with Crippen molar-refractivity contribution in [2.75, 3.05) is 18.8 Å². The smallest absolute Gasteiger partial charge is 0.748 e. The van der Waals surface area contributed by atoms with Crippen molar-refractivity contribution < 1.29 is 42.5 Å². The van der Waals surface area contributed by atoms with Crippen LogP contribution in [0, 0.1) is 0 Å². The molecule has 0 aromatic rings. The maximum atomic E-state index is 9.97. The number of rotatable bonds is 5. The average molecular weight is 187 g/mol. The molecule has 0 aromatic carbocycles. The second-order valence-electron chi connectivity index (χ2n) is 1.75. The fourth-order valence-electron chi connectivity index (χ4n) is 0.401. The van der Waals surface area contributed by atoms with Gasteiger partial charge in [0.2, 0.25) is 0 Å². The zero-order valence-corrected chi connectivity index (χ0v) is 9.36. The molecule has 0 unspecified atom stereocenters. The molecule has 0 heterocycles. The van der Waals surface area contributed by atoms with E-state index in [9.17, 15) is 13.0 Å². The Morgan fingerprint density at radius 1 is 1.55 bits per heavy atom. The molecule has 60 valence electrons. The van der Waals surface area contributed by atoms with Crippen LogP contribution in [0.25, 0.3) is 0 Å². The van der Waals surface area contributed by atoms with Gasteiger partial charge in [-0.05, 0) is 0 Å². The van der Waals surface area contributed by atoms with Gasteiger partial charge in [-0.15, -0.1) is 6.58 Å². The molecular formula is C5H10NNaO3S. The minimum Gasteiger partial charge on any atom is -0.748 e. The summed E-state index contributed by atoms with van der Waals surface area (Å²) in [5.74, 6) is -0.360. The predicted molar refractivity (Wildman–Crippen MR) is 37.6 cm³/mol. The normalized spacial score (nSPS) is 10.3. The average Bonchev–Trinajstić information content (AvgIpc) is 1.78. The van der Waals surface area contributed by atoms with Gasteiger partial charge in [-0.25, -0.2) is 8.42 Å². The van der Waals surface area contributed by atoms with E-state index in [4.69, 9.17) is 0 Å². The third kappa shape index (κ3) is 13.6. The molecule has 0 atom stereocenters. The van der Waals surface area contributed by atoms with Gasteiger partial charge in [0.25, 0.3) is 0 Å². The van der Waals surface area contributed by atoms with Crippen molar-refractivity contribution in [2.24, 2.45) is 0 Å². The van der Waals surface area contributed by atoms with Crippen LogP contribution in [0.5, 0.6) is 0 Å². The molecule has 0 aromatic heterocycles. The summed E-state index contributed by atoms with van der Waals surface area (Å²) in [5.41, 5.74) is 0. The standard InChI is InChI=1S/C5H11NO3S.Na/c1-2-3-6-4-5-10(7,8)9;/h2,6H,1,3-5H2,(H,7,8,9);/q;+1/p-1. The zero-order valence-electron chi connectivity index (χ0n) is 6.54. The van der Waals surface area contributed by atoms with Crippen LogP contribution in [0.1, 0.15) is 0 Å². The van der Waals surface area contributed by atoms with Gasteiger partial charge in [0.1, 0.15) is 0 Å². The van der Waals surface area contributed by atoms with Crippen molar-refractivity contribution in [2.45, 2.75) is 0 Å². The van der Waals surface area contributed by atoms with Crippen LogP contribution in [0.3, 0.4) is 0 Å². The molecule has 0 spiro atoms. The molecule has 0 saturated carbocycles. The van der Waals surface area contributed by atoms with E-state index < -0.39 is 10.1 Å². The Morgan fingerprint density at radius 2 is 2.09 bits per heavy atom. The van der Waals surface area contributed by atoms with Crippen molar-refractivity contribution in [3.8, 4) is 0 Å². The first kappa shape index (κ1) is 14.2. The number of nitrogens with one attached hydrogen (secondary N) is 1. The fourth-order valence-corrected chi connectivity index (χ4v) is 0.796. The summed E-state index contributed by atoms with van der Waals surface area (Å²) in [6.07, 6.45) is 1.59. The Labute approximate surface area is 89.1 Å². The first-order valence-electron chi connectivity index (χ1n) is 2.81. The zero-order chi connectivity index (χ0) is 8.04. The molecular weight excluding hydrogens is 177 g/mol. The molecule has 6 heteroatoms. The molecule has 0 aliphatic heterocycles. The molecule has 1 N–H and O–H groups in total. The Balaban J connectivity index is 0. The summed E-state index contributed by atoms with van der Waals surface area (Å²) in [7, 11) is -4.05. The minimum atomic E-state index is -4.05. The minimum absolute atomic E-state index is 0. The van der Waals surface area contributed by atoms with Gasteiger partial charge in [0, 0.05) is 13.1 Å². The second-order valence-corrected chi connectivity index (χ2v) is 3.28. The molecule has 0 amide bonds. The van der Waals surface area contributed by atoms with Crippen LogP contribution in [0.15, 0.2) is 12.7 Å². The topological polar surface area (TPSA) is 69.2 Å². The van der Waals surface area contributed by atoms with Crippen molar-refractivity contribution in [1.29, 1.82) is 0 Å². The predicted octanol–water partition coefficient (Wildman–Crippen LogP) is -3.69. The first-order chi connectivity index (χ1) is 4.56.